The van der Waals surface area contributed by atoms with Crippen molar-refractivity contribution in [1.29, 1.82) is 0 Å². The second-order valence-corrected chi connectivity index (χ2v) is 6.77. The average Bonchev–Trinajstić information content (AvgIpc) is 2.96. The molecule has 0 aliphatic carbocycles. The number of carbonyl (C=O) groups is 1. The Labute approximate surface area is 120 Å². The number of nitrogens with one attached hydrogen (secondary N) is 1. The maximum atomic E-state index is 12.6. The Hall–Kier alpha value is -1.40. The standard InChI is InChI=1S/C14H20N2O3S/c1-2-10-15-14(17)13-9-6-11-16(13)20(18,19)12-7-4-3-5-8-12/h3-5,7-8,13H,2,6,9-11H2,1H3,(H,15,17)/t13-/m1/s1. The molecule has 0 aromatic heterocycles. The Morgan fingerprint density at radius 2 is 2.05 bits per heavy atom. The van der Waals surface area contributed by atoms with Crippen LogP contribution in [0.2, 0.25) is 0 Å². The van der Waals surface area contributed by atoms with E-state index in [0.717, 1.165) is 12.8 Å². The van der Waals surface area contributed by atoms with Crippen molar-refractivity contribution < 1.29 is 13.2 Å². The van der Waals surface area contributed by atoms with Gasteiger partial charge in [0.2, 0.25) is 15.9 Å². The van der Waals surface area contributed by atoms with E-state index < -0.39 is 16.1 Å². The number of sulfonamides is 1. The first-order valence-corrected chi connectivity index (χ1v) is 8.36. The van der Waals surface area contributed by atoms with E-state index in [1.807, 2.05) is 6.92 Å². The summed E-state index contributed by atoms with van der Waals surface area (Å²) in [4.78, 5) is 12.3. The van der Waals surface area contributed by atoms with Gasteiger partial charge in [0.1, 0.15) is 6.04 Å². The minimum atomic E-state index is -3.59. The molecule has 1 heterocycles. The number of rotatable bonds is 5. The molecule has 1 aromatic carbocycles. The zero-order valence-electron chi connectivity index (χ0n) is 11.6. The highest BCUT2D eigenvalue weighted by Crippen LogP contribution is 2.25. The Kier molecular flexibility index (Phi) is 4.77. The summed E-state index contributed by atoms with van der Waals surface area (Å²) in [5.41, 5.74) is 0. The molecule has 2 rings (SSSR count). The SMILES string of the molecule is CCCNC(=O)[C@H]1CCCN1S(=O)(=O)c1ccccc1. The number of hydrogen-bond acceptors (Lipinski definition) is 3. The Morgan fingerprint density at radius 1 is 1.35 bits per heavy atom. The van der Waals surface area contributed by atoms with Crippen molar-refractivity contribution in [2.75, 3.05) is 13.1 Å². The number of benzene rings is 1. The normalized spacial score (nSPS) is 19.9. The van der Waals surface area contributed by atoms with Crippen LogP contribution in [0.15, 0.2) is 35.2 Å². The molecular weight excluding hydrogens is 276 g/mol. The molecule has 0 unspecified atom stereocenters. The van der Waals surface area contributed by atoms with Crippen molar-refractivity contribution in [3.05, 3.63) is 30.3 Å². The first-order chi connectivity index (χ1) is 9.57. The molecular formula is C14H20N2O3S. The molecule has 5 nitrogen and oxygen atoms in total. The van der Waals surface area contributed by atoms with Gasteiger partial charge in [-0.1, -0.05) is 25.1 Å². The van der Waals surface area contributed by atoms with Gasteiger partial charge in [0.25, 0.3) is 0 Å². The molecule has 1 aliphatic heterocycles. The molecule has 6 heteroatoms. The van der Waals surface area contributed by atoms with E-state index in [9.17, 15) is 13.2 Å². The van der Waals surface area contributed by atoms with Crippen LogP contribution in [0.4, 0.5) is 0 Å². The summed E-state index contributed by atoms with van der Waals surface area (Å²) in [6.45, 7) is 2.95. The summed E-state index contributed by atoms with van der Waals surface area (Å²) in [7, 11) is -3.59. The van der Waals surface area contributed by atoms with Crippen LogP contribution in [0, 0.1) is 0 Å². The second-order valence-electron chi connectivity index (χ2n) is 4.88. The third kappa shape index (κ3) is 3.02. The van der Waals surface area contributed by atoms with E-state index in [1.54, 1.807) is 30.3 Å². The van der Waals surface area contributed by atoms with Gasteiger partial charge in [-0.3, -0.25) is 4.79 Å². The van der Waals surface area contributed by atoms with Crippen molar-refractivity contribution in [3.63, 3.8) is 0 Å². The highest BCUT2D eigenvalue weighted by molar-refractivity contribution is 7.89. The fourth-order valence-corrected chi connectivity index (χ4v) is 4.06. The highest BCUT2D eigenvalue weighted by atomic mass is 32.2. The average molecular weight is 296 g/mol. The van der Waals surface area contributed by atoms with Gasteiger partial charge in [0.05, 0.1) is 4.90 Å². The van der Waals surface area contributed by atoms with Crippen LogP contribution in [0.25, 0.3) is 0 Å². The summed E-state index contributed by atoms with van der Waals surface area (Å²) in [6, 6.07) is 7.70. The van der Waals surface area contributed by atoms with E-state index in [0.29, 0.717) is 19.5 Å². The second kappa shape index (κ2) is 6.37. The minimum Gasteiger partial charge on any atom is -0.355 e. The molecule has 1 saturated heterocycles. The van der Waals surface area contributed by atoms with E-state index >= 15 is 0 Å². The zero-order chi connectivity index (χ0) is 14.6. The molecule has 110 valence electrons. The van der Waals surface area contributed by atoms with E-state index in [2.05, 4.69) is 5.32 Å². The third-order valence-electron chi connectivity index (χ3n) is 3.41. The molecule has 1 N–H and O–H groups in total. The van der Waals surface area contributed by atoms with Gasteiger partial charge in [0.15, 0.2) is 0 Å². The van der Waals surface area contributed by atoms with Crippen LogP contribution in [-0.2, 0) is 14.8 Å². The summed E-state index contributed by atoms with van der Waals surface area (Å²) in [5.74, 6) is -0.191. The van der Waals surface area contributed by atoms with Crippen molar-refractivity contribution in [2.45, 2.75) is 37.1 Å². The lowest BCUT2D eigenvalue weighted by molar-refractivity contribution is -0.124. The summed E-state index contributed by atoms with van der Waals surface area (Å²) < 4.78 is 26.5. The van der Waals surface area contributed by atoms with Crippen LogP contribution in [-0.4, -0.2) is 37.8 Å². The summed E-state index contributed by atoms with van der Waals surface area (Å²) >= 11 is 0. The predicted octanol–water partition coefficient (Wildman–Crippen LogP) is 1.37. The van der Waals surface area contributed by atoms with Gasteiger partial charge in [-0.25, -0.2) is 8.42 Å². The van der Waals surface area contributed by atoms with E-state index in [-0.39, 0.29) is 10.8 Å². The highest BCUT2D eigenvalue weighted by Gasteiger charge is 2.39. The lowest BCUT2D eigenvalue weighted by Crippen LogP contribution is -2.46. The molecule has 1 fully saturated rings. The van der Waals surface area contributed by atoms with Crippen LogP contribution in [0.3, 0.4) is 0 Å². The number of carbonyl (C=O) groups excluding carboxylic acids is 1. The van der Waals surface area contributed by atoms with Crippen molar-refractivity contribution in [1.82, 2.24) is 9.62 Å². The largest absolute Gasteiger partial charge is 0.355 e. The predicted molar refractivity (Wildman–Crippen MR) is 76.7 cm³/mol. The molecule has 1 atom stereocenters. The number of hydrogen-bond donors (Lipinski definition) is 1. The van der Waals surface area contributed by atoms with Gasteiger partial charge in [0, 0.05) is 13.1 Å². The minimum absolute atomic E-state index is 0.191. The van der Waals surface area contributed by atoms with Crippen molar-refractivity contribution in [3.8, 4) is 0 Å². The first-order valence-electron chi connectivity index (χ1n) is 6.92. The molecule has 0 bridgehead atoms. The Bertz CT molecular complexity index is 557. The molecule has 0 spiro atoms. The summed E-state index contributed by atoms with van der Waals surface area (Å²) in [6.07, 6.45) is 2.14. The lowest BCUT2D eigenvalue weighted by Gasteiger charge is -2.23. The maximum Gasteiger partial charge on any atom is 0.243 e. The lowest BCUT2D eigenvalue weighted by atomic mass is 10.2. The van der Waals surface area contributed by atoms with Crippen LogP contribution in [0.5, 0.6) is 0 Å². The molecule has 1 aliphatic rings. The molecule has 1 amide bonds. The summed E-state index contributed by atoms with van der Waals surface area (Å²) in [5, 5.41) is 2.78. The maximum absolute atomic E-state index is 12.6. The molecule has 1 aromatic rings. The smallest absolute Gasteiger partial charge is 0.243 e. The van der Waals surface area contributed by atoms with Gasteiger partial charge < -0.3 is 5.32 Å². The van der Waals surface area contributed by atoms with Crippen LogP contribution < -0.4 is 5.32 Å². The van der Waals surface area contributed by atoms with E-state index in [1.165, 1.54) is 4.31 Å². The Balaban J connectivity index is 2.20. The monoisotopic (exact) mass is 296 g/mol. The van der Waals surface area contributed by atoms with Gasteiger partial charge in [-0.15, -0.1) is 0 Å². The molecule has 0 saturated carbocycles. The van der Waals surface area contributed by atoms with Crippen LogP contribution >= 0.6 is 0 Å². The fraction of sp³-hybridized carbons (Fsp3) is 0.500. The topological polar surface area (TPSA) is 66.5 Å². The van der Waals surface area contributed by atoms with Crippen LogP contribution in [0.1, 0.15) is 26.2 Å². The molecule has 20 heavy (non-hydrogen) atoms. The van der Waals surface area contributed by atoms with E-state index in [4.69, 9.17) is 0 Å². The molecule has 0 radical (unpaired) electrons. The number of amides is 1. The van der Waals surface area contributed by atoms with Gasteiger partial charge >= 0.3 is 0 Å². The van der Waals surface area contributed by atoms with Crippen molar-refractivity contribution >= 4 is 15.9 Å². The fourth-order valence-electron chi connectivity index (χ4n) is 2.38. The zero-order valence-corrected chi connectivity index (χ0v) is 12.4. The number of nitrogens with zero attached hydrogens (tertiary/aromatic N) is 1. The Morgan fingerprint density at radius 3 is 2.70 bits per heavy atom. The third-order valence-corrected chi connectivity index (χ3v) is 5.33. The van der Waals surface area contributed by atoms with Gasteiger partial charge in [-0.2, -0.15) is 4.31 Å². The quantitative estimate of drug-likeness (QED) is 0.892. The van der Waals surface area contributed by atoms with Gasteiger partial charge in [-0.05, 0) is 31.4 Å². The first kappa shape index (κ1) is 15.0. The van der Waals surface area contributed by atoms with Crippen molar-refractivity contribution in [2.24, 2.45) is 0 Å².